The number of pyridine rings is 1. The van der Waals surface area contributed by atoms with Gasteiger partial charge < -0.3 is 23.8 Å². The van der Waals surface area contributed by atoms with Crippen LogP contribution in [0.5, 0.6) is 5.75 Å². The molecule has 36 heavy (non-hydrogen) atoms. The fourth-order valence-corrected chi connectivity index (χ4v) is 4.32. The Bertz CT molecular complexity index is 1380. The van der Waals surface area contributed by atoms with E-state index >= 15 is 0 Å². The molecule has 9 heteroatoms. The number of aryl methyl sites for hydroxylation is 1. The third-order valence-corrected chi connectivity index (χ3v) is 6.30. The molecule has 0 unspecified atom stereocenters. The molecule has 0 radical (unpaired) electrons. The maximum Gasteiger partial charge on any atom is 0.339 e. The highest BCUT2D eigenvalue weighted by molar-refractivity contribution is 6.04. The number of esters is 1. The number of nitrogens with zero attached hydrogens (tertiary/aromatic N) is 4. The van der Waals surface area contributed by atoms with Gasteiger partial charge in [-0.2, -0.15) is 0 Å². The van der Waals surface area contributed by atoms with E-state index in [1.165, 1.54) is 0 Å². The van der Waals surface area contributed by atoms with Crippen molar-refractivity contribution in [3.63, 3.8) is 0 Å². The summed E-state index contributed by atoms with van der Waals surface area (Å²) >= 11 is 0. The van der Waals surface area contributed by atoms with E-state index in [1.54, 1.807) is 25.0 Å². The second-order valence-electron chi connectivity index (χ2n) is 8.51. The van der Waals surface area contributed by atoms with E-state index in [0.29, 0.717) is 43.0 Å². The van der Waals surface area contributed by atoms with Crippen molar-refractivity contribution >= 4 is 28.7 Å². The lowest BCUT2D eigenvalue weighted by molar-refractivity contribution is -0.134. The van der Waals surface area contributed by atoms with E-state index in [4.69, 9.17) is 14.0 Å². The molecule has 5 rings (SSSR count). The highest BCUT2D eigenvalue weighted by Gasteiger charge is 2.25. The number of piperazine rings is 1. The molecule has 2 aromatic carbocycles. The molecule has 1 amide bonds. The molecule has 0 aliphatic carbocycles. The van der Waals surface area contributed by atoms with Gasteiger partial charge in [-0.05, 0) is 37.3 Å². The molecule has 2 aromatic heterocycles. The predicted octanol–water partition coefficient (Wildman–Crippen LogP) is 3.71. The fourth-order valence-electron chi connectivity index (χ4n) is 4.32. The lowest BCUT2D eigenvalue weighted by Crippen LogP contribution is -2.49. The summed E-state index contributed by atoms with van der Waals surface area (Å²) in [5.41, 5.74) is 3.52. The van der Waals surface area contributed by atoms with Crippen LogP contribution in [0.25, 0.3) is 22.4 Å². The van der Waals surface area contributed by atoms with E-state index in [-0.39, 0.29) is 23.8 Å². The summed E-state index contributed by atoms with van der Waals surface area (Å²) in [7, 11) is 1.64. The number of methoxy groups -OCH3 is 1. The molecule has 0 bridgehead atoms. The van der Waals surface area contributed by atoms with Gasteiger partial charge in [-0.1, -0.05) is 35.5 Å². The first kappa shape index (κ1) is 23.3. The Balaban J connectivity index is 1.24. The van der Waals surface area contributed by atoms with Gasteiger partial charge in [-0.15, -0.1) is 0 Å². The van der Waals surface area contributed by atoms with E-state index < -0.39 is 5.97 Å². The van der Waals surface area contributed by atoms with Gasteiger partial charge in [0.15, 0.2) is 6.61 Å². The van der Waals surface area contributed by atoms with Gasteiger partial charge in [0.1, 0.15) is 5.75 Å². The standard InChI is InChI=1S/C27H26N4O5/c1-18-25-22(16-23(28-26(25)36-29-18)19-6-4-3-5-7-19)27(33)35-17-24(32)31-14-12-30(13-15-31)20-8-10-21(34-2)11-9-20/h3-11,16H,12-15,17H2,1-2H3. The second kappa shape index (κ2) is 10.1. The summed E-state index contributed by atoms with van der Waals surface area (Å²) in [4.78, 5) is 34.3. The molecule has 0 saturated carbocycles. The highest BCUT2D eigenvalue weighted by Crippen LogP contribution is 2.27. The number of hydrogen-bond donors (Lipinski definition) is 0. The SMILES string of the molecule is COc1ccc(N2CCN(C(=O)COC(=O)c3cc(-c4ccccc4)nc4onc(C)c34)CC2)cc1. The van der Waals surface area contributed by atoms with Gasteiger partial charge in [0, 0.05) is 37.4 Å². The van der Waals surface area contributed by atoms with Crippen LogP contribution in [0.15, 0.2) is 65.2 Å². The van der Waals surface area contributed by atoms with Gasteiger partial charge in [-0.3, -0.25) is 4.79 Å². The monoisotopic (exact) mass is 486 g/mol. The lowest BCUT2D eigenvalue weighted by atomic mass is 10.1. The molecule has 9 nitrogen and oxygen atoms in total. The Hall–Kier alpha value is -4.40. The third-order valence-electron chi connectivity index (χ3n) is 6.30. The quantitative estimate of drug-likeness (QED) is 0.381. The van der Waals surface area contributed by atoms with E-state index in [1.807, 2.05) is 54.6 Å². The van der Waals surface area contributed by atoms with Crippen LogP contribution in [0, 0.1) is 6.92 Å². The first-order valence-electron chi connectivity index (χ1n) is 11.7. The number of rotatable bonds is 6. The van der Waals surface area contributed by atoms with Crippen LogP contribution in [-0.2, 0) is 9.53 Å². The number of carbonyl (C=O) groups excluding carboxylic acids is 2. The van der Waals surface area contributed by atoms with E-state index in [0.717, 1.165) is 17.0 Å². The zero-order valence-electron chi connectivity index (χ0n) is 20.1. The van der Waals surface area contributed by atoms with Crippen LogP contribution >= 0.6 is 0 Å². The van der Waals surface area contributed by atoms with Crippen LogP contribution < -0.4 is 9.64 Å². The summed E-state index contributed by atoms with van der Waals surface area (Å²) in [5, 5.41) is 4.44. The average Bonchev–Trinajstić information content (AvgIpc) is 3.32. The summed E-state index contributed by atoms with van der Waals surface area (Å²) in [6.07, 6.45) is 0. The van der Waals surface area contributed by atoms with Crippen LogP contribution in [0.3, 0.4) is 0 Å². The molecule has 1 aliphatic rings. The van der Waals surface area contributed by atoms with Crippen molar-refractivity contribution in [2.75, 3.05) is 44.8 Å². The van der Waals surface area contributed by atoms with Crippen molar-refractivity contribution in [1.29, 1.82) is 0 Å². The van der Waals surface area contributed by atoms with Gasteiger partial charge in [0.05, 0.1) is 29.4 Å². The normalized spacial score (nSPS) is 13.6. The van der Waals surface area contributed by atoms with E-state index in [9.17, 15) is 9.59 Å². The summed E-state index contributed by atoms with van der Waals surface area (Å²) in [5.74, 6) is -0.0393. The fraction of sp³-hybridized carbons (Fsp3) is 0.259. The molecule has 3 heterocycles. The number of benzene rings is 2. The number of ether oxygens (including phenoxy) is 2. The molecular weight excluding hydrogens is 460 g/mol. The van der Waals surface area contributed by atoms with Crippen molar-refractivity contribution in [2.45, 2.75) is 6.92 Å². The molecule has 1 aliphatic heterocycles. The molecule has 184 valence electrons. The van der Waals surface area contributed by atoms with Crippen molar-refractivity contribution in [3.05, 3.63) is 71.9 Å². The number of amides is 1. The molecule has 1 saturated heterocycles. The smallest absolute Gasteiger partial charge is 0.339 e. The van der Waals surface area contributed by atoms with Crippen molar-refractivity contribution in [3.8, 4) is 17.0 Å². The highest BCUT2D eigenvalue weighted by atomic mass is 16.5. The van der Waals surface area contributed by atoms with Gasteiger partial charge in [0.25, 0.3) is 11.6 Å². The molecule has 1 fully saturated rings. The number of fused-ring (bicyclic) bond motifs is 1. The number of anilines is 1. The van der Waals surface area contributed by atoms with Crippen LogP contribution in [0.4, 0.5) is 5.69 Å². The Kier molecular flexibility index (Phi) is 6.53. The van der Waals surface area contributed by atoms with Crippen LogP contribution in [-0.4, -0.2) is 66.8 Å². The van der Waals surface area contributed by atoms with Crippen LogP contribution in [0.1, 0.15) is 16.1 Å². The zero-order valence-corrected chi connectivity index (χ0v) is 20.1. The predicted molar refractivity (Wildman–Crippen MR) is 134 cm³/mol. The van der Waals surface area contributed by atoms with Gasteiger partial charge in [-0.25, -0.2) is 9.78 Å². The summed E-state index contributed by atoms with van der Waals surface area (Å²) in [6.45, 7) is 3.88. The maximum absolute atomic E-state index is 13.1. The molecule has 0 spiro atoms. The Labute approximate surface area is 208 Å². The Morgan fingerprint density at radius 2 is 1.72 bits per heavy atom. The topological polar surface area (TPSA) is 98.0 Å². The molecule has 0 N–H and O–H groups in total. The lowest BCUT2D eigenvalue weighted by Gasteiger charge is -2.36. The average molecular weight is 487 g/mol. The van der Waals surface area contributed by atoms with Crippen LogP contribution in [0.2, 0.25) is 0 Å². The zero-order chi connectivity index (χ0) is 25.1. The van der Waals surface area contributed by atoms with Gasteiger partial charge >= 0.3 is 5.97 Å². The van der Waals surface area contributed by atoms with Crippen molar-refractivity contribution in [2.24, 2.45) is 0 Å². The summed E-state index contributed by atoms with van der Waals surface area (Å²) < 4.78 is 16.0. The third kappa shape index (κ3) is 4.72. The minimum Gasteiger partial charge on any atom is -0.497 e. The molecule has 4 aromatic rings. The minimum absolute atomic E-state index is 0.228. The Morgan fingerprint density at radius 1 is 1.00 bits per heavy atom. The molecular formula is C27H26N4O5. The number of hydrogen-bond acceptors (Lipinski definition) is 8. The first-order valence-corrected chi connectivity index (χ1v) is 11.7. The summed E-state index contributed by atoms with van der Waals surface area (Å²) in [6, 6.07) is 19.0. The Morgan fingerprint density at radius 3 is 2.42 bits per heavy atom. The maximum atomic E-state index is 13.1. The van der Waals surface area contributed by atoms with Crippen molar-refractivity contribution < 1.29 is 23.6 Å². The molecule has 0 atom stereocenters. The van der Waals surface area contributed by atoms with E-state index in [2.05, 4.69) is 15.0 Å². The van der Waals surface area contributed by atoms with Crippen molar-refractivity contribution in [1.82, 2.24) is 15.0 Å². The minimum atomic E-state index is -0.615. The largest absolute Gasteiger partial charge is 0.497 e. The number of aromatic nitrogens is 2. The van der Waals surface area contributed by atoms with Gasteiger partial charge in [0.2, 0.25) is 0 Å². The first-order chi connectivity index (χ1) is 17.5. The number of carbonyl (C=O) groups is 2. The second-order valence-corrected chi connectivity index (χ2v) is 8.51.